The summed E-state index contributed by atoms with van der Waals surface area (Å²) in [7, 11) is 0. The van der Waals surface area contributed by atoms with Gasteiger partial charge in [-0.05, 0) is 43.9 Å². The minimum absolute atomic E-state index is 0.384. The summed E-state index contributed by atoms with van der Waals surface area (Å²) in [5.74, 6) is 2.80. The van der Waals surface area contributed by atoms with Crippen molar-refractivity contribution in [2.45, 2.75) is 52.0 Å². The Morgan fingerprint density at radius 3 is 2.68 bits per heavy atom. The van der Waals surface area contributed by atoms with Crippen molar-refractivity contribution in [2.75, 3.05) is 18.0 Å². The number of hydrogen-bond donors (Lipinski definition) is 2. The van der Waals surface area contributed by atoms with Crippen molar-refractivity contribution in [3.05, 3.63) is 11.3 Å². The summed E-state index contributed by atoms with van der Waals surface area (Å²) in [5, 5.41) is 7.87. The summed E-state index contributed by atoms with van der Waals surface area (Å²) in [5.41, 5.74) is 8.86. The van der Waals surface area contributed by atoms with Crippen molar-refractivity contribution in [1.29, 1.82) is 0 Å². The Labute approximate surface area is 115 Å². The Morgan fingerprint density at radius 1 is 1.26 bits per heavy atom. The standard InChI is InChI=1S/C15H26N4/c1-10(2)11-3-4-14-13(9-11)15(18-17-14)19-7-5-12(16)6-8-19/h10-12H,3-9,16H2,1-2H3,(H,17,18). The van der Waals surface area contributed by atoms with Gasteiger partial charge in [-0.1, -0.05) is 13.8 Å². The van der Waals surface area contributed by atoms with Crippen LogP contribution >= 0.6 is 0 Å². The first-order chi connectivity index (χ1) is 9.15. The van der Waals surface area contributed by atoms with E-state index < -0.39 is 0 Å². The second-order valence-corrected chi connectivity index (χ2v) is 6.58. The van der Waals surface area contributed by atoms with Gasteiger partial charge in [-0.25, -0.2) is 0 Å². The Morgan fingerprint density at radius 2 is 2.00 bits per heavy atom. The van der Waals surface area contributed by atoms with Gasteiger partial charge in [0.05, 0.1) is 0 Å². The summed E-state index contributed by atoms with van der Waals surface area (Å²) in [6.07, 6.45) is 5.85. The van der Waals surface area contributed by atoms with Gasteiger partial charge in [-0.2, -0.15) is 5.10 Å². The third kappa shape index (κ3) is 2.50. The van der Waals surface area contributed by atoms with Crippen LogP contribution < -0.4 is 10.6 Å². The van der Waals surface area contributed by atoms with Crippen LogP contribution in [0.15, 0.2) is 0 Å². The van der Waals surface area contributed by atoms with Crippen LogP contribution in [0.5, 0.6) is 0 Å². The topological polar surface area (TPSA) is 57.9 Å². The number of piperidine rings is 1. The Bertz CT molecular complexity index is 429. The highest BCUT2D eigenvalue weighted by Crippen LogP contribution is 2.34. The maximum Gasteiger partial charge on any atom is 0.153 e. The third-order valence-electron chi connectivity index (χ3n) is 4.94. The second-order valence-electron chi connectivity index (χ2n) is 6.58. The predicted octanol–water partition coefficient (Wildman–Crippen LogP) is 2.10. The lowest BCUT2D eigenvalue weighted by atomic mass is 9.80. The van der Waals surface area contributed by atoms with Crippen LogP contribution in [0.1, 0.15) is 44.4 Å². The first-order valence-corrected chi connectivity index (χ1v) is 7.71. The minimum Gasteiger partial charge on any atom is -0.355 e. The minimum atomic E-state index is 0.384. The van der Waals surface area contributed by atoms with Gasteiger partial charge in [-0.3, -0.25) is 5.10 Å². The molecule has 1 atom stereocenters. The molecular formula is C15H26N4. The fourth-order valence-electron chi connectivity index (χ4n) is 3.45. The van der Waals surface area contributed by atoms with Gasteiger partial charge < -0.3 is 10.6 Å². The molecule has 2 aliphatic rings. The van der Waals surface area contributed by atoms with Gasteiger partial charge in [0, 0.05) is 30.4 Å². The lowest BCUT2D eigenvalue weighted by Crippen LogP contribution is -2.40. The maximum atomic E-state index is 6.00. The van der Waals surface area contributed by atoms with Crippen LogP contribution in [0.25, 0.3) is 0 Å². The summed E-state index contributed by atoms with van der Waals surface area (Å²) < 4.78 is 0. The highest BCUT2D eigenvalue weighted by atomic mass is 15.3. The Kier molecular flexibility index (Phi) is 3.52. The summed E-state index contributed by atoms with van der Waals surface area (Å²) in [6.45, 7) is 6.81. The maximum absolute atomic E-state index is 6.00. The van der Waals surface area contributed by atoms with Crippen molar-refractivity contribution in [2.24, 2.45) is 17.6 Å². The molecule has 4 heteroatoms. The Hall–Kier alpha value is -1.03. The van der Waals surface area contributed by atoms with E-state index in [4.69, 9.17) is 5.73 Å². The lowest BCUT2D eigenvalue weighted by Gasteiger charge is -2.32. The number of nitrogens with zero attached hydrogens (tertiary/aromatic N) is 2. The van der Waals surface area contributed by atoms with Crippen molar-refractivity contribution >= 4 is 5.82 Å². The average molecular weight is 262 g/mol. The monoisotopic (exact) mass is 262 g/mol. The van der Waals surface area contributed by atoms with Crippen molar-refractivity contribution < 1.29 is 0 Å². The van der Waals surface area contributed by atoms with Gasteiger partial charge in [0.2, 0.25) is 0 Å². The van der Waals surface area contributed by atoms with Gasteiger partial charge in [0.1, 0.15) is 0 Å². The number of aromatic amines is 1. The number of nitrogens with one attached hydrogen (secondary N) is 1. The van der Waals surface area contributed by atoms with Crippen LogP contribution in [0.4, 0.5) is 5.82 Å². The fraction of sp³-hybridized carbons (Fsp3) is 0.800. The van der Waals surface area contributed by atoms with Crippen LogP contribution in [-0.2, 0) is 12.8 Å². The van der Waals surface area contributed by atoms with Crippen LogP contribution in [0, 0.1) is 11.8 Å². The SMILES string of the molecule is CC(C)C1CCc2[nH]nc(N3CCC(N)CC3)c2C1. The number of aromatic nitrogens is 2. The molecule has 0 aromatic carbocycles. The first kappa shape index (κ1) is 13.0. The number of rotatable bonds is 2. The molecule has 0 radical (unpaired) electrons. The van der Waals surface area contributed by atoms with Crippen LogP contribution in [0.2, 0.25) is 0 Å². The van der Waals surface area contributed by atoms with E-state index in [1.807, 2.05) is 0 Å². The zero-order valence-electron chi connectivity index (χ0n) is 12.2. The molecule has 2 heterocycles. The molecule has 1 aromatic heterocycles. The predicted molar refractivity (Wildman–Crippen MR) is 78.4 cm³/mol. The highest BCUT2D eigenvalue weighted by Gasteiger charge is 2.28. The summed E-state index contributed by atoms with van der Waals surface area (Å²) in [4.78, 5) is 2.43. The number of hydrogen-bond acceptors (Lipinski definition) is 3. The molecule has 0 saturated carbocycles. The van der Waals surface area contributed by atoms with Gasteiger partial charge in [0.25, 0.3) is 0 Å². The van der Waals surface area contributed by atoms with Crippen molar-refractivity contribution in [3.63, 3.8) is 0 Å². The largest absolute Gasteiger partial charge is 0.355 e. The molecule has 0 bridgehead atoms. The summed E-state index contributed by atoms with van der Waals surface area (Å²) in [6, 6.07) is 0.384. The quantitative estimate of drug-likeness (QED) is 0.858. The molecule has 1 aliphatic carbocycles. The third-order valence-corrected chi connectivity index (χ3v) is 4.94. The molecule has 106 valence electrons. The van der Waals surface area contributed by atoms with E-state index in [2.05, 4.69) is 28.9 Å². The van der Waals surface area contributed by atoms with E-state index in [1.165, 1.54) is 36.3 Å². The van der Waals surface area contributed by atoms with E-state index in [0.29, 0.717) is 6.04 Å². The molecule has 0 amide bonds. The molecule has 1 unspecified atom stereocenters. The molecule has 0 spiro atoms. The zero-order valence-corrected chi connectivity index (χ0v) is 12.2. The molecule has 1 fully saturated rings. The van der Waals surface area contributed by atoms with E-state index in [1.54, 1.807) is 0 Å². The van der Waals surface area contributed by atoms with Crippen molar-refractivity contribution in [3.8, 4) is 0 Å². The van der Waals surface area contributed by atoms with E-state index in [9.17, 15) is 0 Å². The number of anilines is 1. The normalized spacial score (nSPS) is 24.8. The smallest absolute Gasteiger partial charge is 0.153 e. The first-order valence-electron chi connectivity index (χ1n) is 7.71. The zero-order chi connectivity index (χ0) is 13.4. The molecule has 1 saturated heterocycles. The van der Waals surface area contributed by atoms with Gasteiger partial charge in [-0.15, -0.1) is 0 Å². The molecule has 3 N–H and O–H groups in total. The lowest BCUT2D eigenvalue weighted by molar-refractivity contribution is 0.341. The number of H-pyrrole nitrogens is 1. The van der Waals surface area contributed by atoms with Crippen LogP contribution in [0.3, 0.4) is 0 Å². The fourth-order valence-corrected chi connectivity index (χ4v) is 3.45. The molecule has 1 aromatic rings. The van der Waals surface area contributed by atoms with E-state index in [0.717, 1.165) is 37.8 Å². The molecule has 1 aliphatic heterocycles. The second kappa shape index (κ2) is 5.16. The van der Waals surface area contributed by atoms with Gasteiger partial charge in [0.15, 0.2) is 5.82 Å². The number of fused-ring (bicyclic) bond motifs is 1. The average Bonchev–Trinajstić information content (AvgIpc) is 2.82. The van der Waals surface area contributed by atoms with Crippen LogP contribution in [-0.4, -0.2) is 29.3 Å². The molecule has 3 rings (SSSR count). The number of aryl methyl sites for hydroxylation is 1. The van der Waals surface area contributed by atoms with Gasteiger partial charge >= 0.3 is 0 Å². The van der Waals surface area contributed by atoms with E-state index >= 15 is 0 Å². The highest BCUT2D eigenvalue weighted by molar-refractivity contribution is 5.50. The number of nitrogens with two attached hydrogens (primary N) is 1. The molecule has 19 heavy (non-hydrogen) atoms. The molecule has 4 nitrogen and oxygen atoms in total. The molecular weight excluding hydrogens is 236 g/mol. The Balaban J connectivity index is 1.79. The van der Waals surface area contributed by atoms with E-state index in [-0.39, 0.29) is 0 Å². The summed E-state index contributed by atoms with van der Waals surface area (Å²) >= 11 is 0. The van der Waals surface area contributed by atoms with Crippen molar-refractivity contribution in [1.82, 2.24) is 10.2 Å².